The molecule has 27 heavy (non-hydrogen) atoms. The summed E-state index contributed by atoms with van der Waals surface area (Å²) in [5, 5.41) is 6.69. The van der Waals surface area contributed by atoms with E-state index in [4.69, 9.17) is 0 Å². The lowest BCUT2D eigenvalue weighted by Gasteiger charge is -2.26. The van der Waals surface area contributed by atoms with Gasteiger partial charge in [-0.15, -0.1) is 0 Å². The molecule has 9 heteroatoms. The van der Waals surface area contributed by atoms with Gasteiger partial charge in [-0.05, 0) is 31.0 Å². The number of aromatic nitrogens is 4. The highest BCUT2D eigenvalue weighted by molar-refractivity contribution is 5.92. The number of alkyl halides is 2. The van der Waals surface area contributed by atoms with Gasteiger partial charge >= 0.3 is 0 Å². The van der Waals surface area contributed by atoms with Crippen molar-refractivity contribution in [3.63, 3.8) is 0 Å². The Balaban J connectivity index is 1.84. The molecule has 1 fully saturated rings. The van der Waals surface area contributed by atoms with Gasteiger partial charge in [-0.2, -0.15) is 5.10 Å². The molecule has 1 amide bonds. The number of carbonyl (C=O) groups is 1. The highest BCUT2D eigenvalue weighted by atomic mass is 19.3. The van der Waals surface area contributed by atoms with Crippen LogP contribution in [-0.4, -0.2) is 43.5 Å². The number of hydrogen-bond donors (Lipinski definition) is 1. The lowest BCUT2D eigenvalue weighted by atomic mass is 10.1. The molecule has 3 aromatic rings. The Hall–Kier alpha value is -3.10. The van der Waals surface area contributed by atoms with Crippen molar-refractivity contribution >= 4 is 16.8 Å². The molecule has 0 bridgehead atoms. The average Bonchev–Trinajstić information content (AvgIpc) is 3.35. The molecule has 1 saturated heterocycles. The molecule has 1 N–H and O–H groups in total. The standard InChI is InChI=1S/C18H17F2N5O2/c19-15(20)10-25-16(22-12-5-2-1-4-11(12)17(25)26)14-6-3-9-24(14)18(27)13-7-8-21-23-13/h1-2,4-5,7-8,14-15H,3,6,9-10H2,(H,21,23). The van der Waals surface area contributed by atoms with Crippen molar-refractivity contribution < 1.29 is 13.6 Å². The van der Waals surface area contributed by atoms with Crippen LogP contribution in [-0.2, 0) is 6.54 Å². The van der Waals surface area contributed by atoms with Crippen molar-refractivity contribution in [1.82, 2.24) is 24.6 Å². The number of likely N-dealkylation sites (tertiary alicyclic amines) is 1. The normalized spacial score (nSPS) is 17.1. The number of fused-ring (bicyclic) bond motifs is 1. The number of H-pyrrole nitrogens is 1. The molecular weight excluding hydrogens is 356 g/mol. The van der Waals surface area contributed by atoms with Crippen LogP contribution in [0, 0.1) is 0 Å². The second-order valence-corrected chi connectivity index (χ2v) is 6.42. The maximum atomic E-state index is 13.2. The van der Waals surface area contributed by atoms with Crippen LogP contribution in [0.25, 0.3) is 10.9 Å². The van der Waals surface area contributed by atoms with Crippen LogP contribution in [0.2, 0.25) is 0 Å². The number of halogens is 2. The summed E-state index contributed by atoms with van der Waals surface area (Å²) in [6.07, 6.45) is 0.0114. The summed E-state index contributed by atoms with van der Waals surface area (Å²) in [7, 11) is 0. The summed E-state index contributed by atoms with van der Waals surface area (Å²) < 4.78 is 27.3. The van der Waals surface area contributed by atoms with Crippen molar-refractivity contribution in [2.75, 3.05) is 6.54 Å². The maximum Gasteiger partial charge on any atom is 0.272 e. The van der Waals surface area contributed by atoms with Gasteiger partial charge in [0.05, 0.1) is 23.5 Å². The van der Waals surface area contributed by atoms with E-state index in [2.05, 4.69) is 15.2 Å². The van der Waals surface area contributed by atoms with Gasteiger partial charge in [0, 0.05) is 12.7 Å². The highest BCUT2D eigenvalue weighted by Crippen LogP contribution is 2.32. The molecule has 2 aromatic heterocycles. The van der Waals surface area contributed by atoms with E-state index in [0.29, 0.717) is 30.6 Å². The quantitative estimate of drug-likeness (QED) is 0.761. The Morgan fingerprint density at radius 3 is 2.85 bits per heavy atom. The smallest absolute Gasteiger partial charge is 0.272 e. The van der Waals surface area contributed by atoms with Crippen LogP contribution in [0.4, 0.5) is 8.78 Å². The zero-order valence-electron chi connectivity index (χ0n) is 14.3. The zero-order chi connectivity index (χ0) is 19.0. The number of hydrogen-bond acceptors (Lipinski definition) is 4. The molecule has 1 atom stereocenters. The number of aromatic amines is 1. The summed E-state index contributed by atoms with van der Waals surface area (Å²) in [6, 6.07) is 7.65. The third kappa shape index (κ3) is 3.09. The second-order valence-electron chi connectivity index (χ2n) is 6.42. The molecule has 140 valence electrons. The number of benzene rings is 1. The predicted molar refractivity (Wildman–Crippen MR) is 93.6 cm³/mol. The fraction of sp³-hybridized carbons (Fsp3) is 0.333. The van der Waals surface area contributed by atoms with Crippen LogP contribution in [0.15, 0.2) is 41.3 Å². The van der Waals surface area contributed by atoms with Crippen LogP contribution in [0.3, 0.4) is 0 Å². The van der Waals surface area contributed by atoms with E-state index in [9.17, 15) is 18.4 Å². The van der Waals surface area contributed by atoms with Gasteiger partial charge in [0.1, 0.15) is 11.5 Å². The first-order valence-electron chi connectivity index (χ1n) is 8.64. The average molecular weight is 373 g/mol. The Morgan fingerprint density at radius 1 is 1.30 bits per heavy atom. The van der Waals surface area contributed by atoms with Crippen molar-refractivity contribution in [2.24, 2.45) is 0 Å². The zero-order valence-corrected chi connectivity index (χ0v) is 14.3. The minimum atomic E-state index is -2.71. The van der Waals surface area contributed by atoms with Crippen LogP contribution in [0.1, 0.15) is 35.2 Å². The fourth-order valence-electron chi connectivity index (χ4n) is 3.56. The minimum absolute atomic E-state index is 0.198. The molecule has 0 saturated carbocycles. The molecule has 1 aliphatic rings. The van der Waals surface area contributed by atoms with Gasteiger partial charge < -0.3 is 4.90 Å². The van der Waals surface area contributed by atoms with E-state index in [1.54, 1.807) is 35.2 Å². The Kier molecular flexibility index (Phi) is 4.43. The van der Waals surface area contributed by atoms with E-state index in [1.165, 1.54) is 6.20 Å². The molecule has 0 aliphatic carbocycles. The predicted octanol–water partition coefficient (Wildman–Crippen LogP) is 2.36. The van der Waals surface area contributed by atoms with Gasteiger partial charge in [-0.3, -0.25) is 19.3 Å². The Morgan fingerprint density at radius 2 is 2.11 bits per heavy atom. The number of nitrogens with one attached hydrogen (secondary N) is 1. The van der Waals surface area contributed by atoms with Crippen LogP contribution in [0.5, 0.6) is 0 Å². The number of rotatable bonds is 4. The third-order valence-electron chi connectivity index (χ3n) is 4.75. The van der Waals surface area contributed by atoms with Crippen molar-refractivity contribution in [3.8, 4) is 0 Å². The fourth-order valence-corrected chi connectivity index (χ4v) is 3.56. The lowest BCUT2D eigenvalue weighted by molar-refractivity contribution is 0.0714. The highest BCUT2D eigenvalue weighted by Gasteiger charge is 2.35. The first-order valence-corrected chi connectivity index (χ1v) is 8.64. The number of amides is 1. The van der Waals surface area contributed by atoms with Gasteiger partial charge in [-0.25, -0.2) is 13.8 Å². The van der Waals surface area contributed by atoms with Gasteiger partial charge in [0.25, 0.3) is 17.9 Å². The largest absolute Gasteiger partial charge is 0.327 e. The van der Waals surface area contributed by atoms with Crippen LogP contribution >= 0.6 is 0 Å². The molecule has 7 nitrogen and oxygen atoms in total. The molecule has 1 aromatic carbocycles. The molecule has 1 aliphatic heterocycles. The van der Waals surface area contributed by atoms with Gasteiger partial charge in [-0.1, -0.05) is 12.1 Å². The second kappa shape index (κ2) is 6.90. The first-order chi connectivity index (χ1) is 13.1. The summed E-state index contributed by atoms with van der Waals surface area (Å²) in [5.41, 5.74) is 0.228. The van der Waals surface area contributed by atoms with Crippen molar-refractivity contribution in [3.05, 3.63) is 58.4 Å². The molecular formula is C18H17F2N5O2. The molecule has 1 unspecified atom stereocenters. The SMILES string of the molecule is O=C(c1ccn[nH]1)N1CCCC1c1nc2ccccc2c(=O)n1CC(F)F. The van der Waals surface area contributed by atoms with E-state index in [-0.39, 0.29) is 17.1 Å². The Labute approximate surface area is 152 Å². The number of para-hydroxylation sites is 1. The van der Waals surface area contributed by atoms with E-state index in [0.717, 1.165) is 4.57 Å². The maximum absolute atomic E-state index is 13.2. The third-order valence-corrected chi connectivity index (χ3v) is 4.75. The van der Waals surface area contributed by atoms with Gasteiger partial charge in [0.2, 0.25) is 0 Å². The lowest BCUT2D eigenvalue weighted by Crippen LogP contribution is -2.36. The summed E-state index contributed by atoms with van der Waals surface area (Å²) in [4.78, 5) is 31.6. The summed E-state index contributed by atoms with van der Waals surface area (Å²) >= 11 is 0. The van der Waals surface area contributed by atoms with Crippen molar-refractivity contribution in [2.45, 2.75) is 31.9 Å². The molecule has 0 spiro atoms. The first kappa shape index (κ1) is 17.3. The summed E-state index contributed by atoms with van der Waals surface area (Å²) in [6.45, 7) is -0.297. The monoisotopic (exact) mass is 373 g/mol. The molecule has 3 heterocycles. The van der Waals surface area contributed by atoms with Crippen LogP contribution < -0.4 is 5.56 Å². The van der Waals surface area contributed by atoms with E-state index < -0.39 is 24.6 Å². The molecule has 0 radical (unpaired) electrons. The van der Waals surface area contributed by atoms with Crippen molar-refractivity contribution in [1.29, 1.82) is 0 Å². The van der Waals surface area contributed by atoms with E-state index >= 15 is 0 Å². The number of carbonyl (C=O) groups excluding carboxylic acids is 1. The van der Waals surface area contributed by atoms with Gasteiger partial charge in [0.15, 0.2) is 0 Å². The minimum Gasteiger partial charge on any atom is -0.327 e. The summed E-state index contributed by atoms with van der Waals surface area (Å²) in [5.74, 6) is -0.0923. The molecule has 4 rings (SSSR count). The topological polar surface area (TPSA) is 83.9 Å². The number of nitrogens with zero attached hydrogens (tertiary/aromatic N) is 4. The Bertz CT molecular complexity index is 1030. The van der Waals surface area contributed by atoms with E-state index in [1.807, 2.05) is 0 Å².